The van der Waals surface area contributed by atoms with Gasteiger partial charge in [-0.15, -0.1) is 11.3 Å². The molecule has 0 unspecified atom stereocenters. The summed E-state index contributed by atoms with van der Waals surface area (Å²) in [7, 11) is 0. The second-order valence-electron chi connectivity index (χ2n) is 4.32. The van der Waals surface area contributed by atoms with E-state index in [1.54, 1.807) is 11.3 Å². The Labute approximate surface area is 115 Å². The first-order valence-electron chi connectivity index (χ1n) is 5.92. The zero-order valence-electron chi connectivity index (χ0n) is 10.4. The molecule has 0 atom stereocenters. The van der Waals surface area contributed by atoms with E-state index in [2.05, 4.69) is 16.4 Å². The number of thiazole rings is 1. The second kappa shape index (κ2) is 4.75. The van der Waals surface area contributed by atoms with Gasteiger partial charge in [0.2, 0.25) is 0 Å². The first-order valence-corrected chi connectivity index (χ1v) is 6.80. The summed E-state index contributed by atoms with van der Waals surface area (Å²) in [4.78, 5) is 5.51. The molecule has 94 valence electrons. The number of aryl methyl sites for hydroxylation is 1. The van der Waals surface area contributed by atoms with E-state index in [1.807, 2.05) is 47.3 Å². The molecular formula is C14H12N4S. The SMILES string of the molecule is Cc1ccc(C#N)cc1NCc1cn2ccsc2n1. The molecule has 1 aromatic carbocycles. The maximum Gasteiger partial charge on any atom is 0.193 e. The molecule has 0 aliphatic heterocycles. The van der Waals surface area contributed by atoms with Crippen LogP contribution in [0.1, 0.15) is 16.8 Å². The molecule has 0 radical (unpaired) electrons. The molecule has 4 nitrogen and oxygen atoms in total. The van der Waals surface area contributed by atoms with Crippen LogP contribution in [0.3, 0.4) is 0 Å². The molecule has 0 amide bonds. The van der Waals surface area contributed by atoms with Crippen LogP contribution in [0, 0.1) is 18.3 Å². The maximum absolute atomic E-state index is 8.91. The highest BCUT2D eigenvalue weighted by Crippen LogP contribution is 2.18. The molecule has 2 aromatic heterocycles. The zero-order valence-corrected chi connectivity index (χ0v) is 11.2. The number of fused-ring (bicyclic) bond motifs is 1. The number of benzene rings is 1. The summed E-state index contributed by atoms with van der Waals surface area (Å²) in [6, 6.07) is 7.80. The Hall–Kier alpha value is -2.32. The van der Waals surface area contributed by atoms with Gasteiger partial charge in [0.05, 0.1) is 23.9 Å². The quantitative estimate of drug-likeness (QED) is 0.793. The van der Waals surface area contributed by atoms with Crippen molar-refractivity contribution in [1.82, 2.24) is 9.38 Å². The van der Waals surface area contributed by atoms with E-state index in [0.29, 0.717) is 12.1 Å². The van der Waals surface area contributed by atoms with E-state index in [9.17, 15) is 0 Å². The van der Waals surface area contributed by atoms with Crippen LogP contribution >= 0.6 is 11.3 Å². The lowest BCUT2D eigenvalue weighted by molar-refractivity contribution is 1.07. The van der Waals surface area contributed by atoms with Crippen molar-refractivity contribution in [2.45, 2.75) is 13.5 Å². The predicted octanol–water partition coefficient (Wildman–Crippen LogP) is 3.19. The van der Waals surface area contributed by atoms with Crippen molar-refractivity contribution in [2.24, 2.45) is 0 Å². The summed E-state index contributed by atoms with van der Waals surface area (Å²) in [5, 5.41) is 14.3. The molecular weight excluding hydrogens is 256 g/mol. The normalized spacial score (nSPS) is 10.5. The lowest BCUT2D eigenvalue weighted by Gasteiger charge is -2.08. The van der Waals surface area contributed by atoms with Crippen LogP contribution in [0.2, 0.25) is 0 Å². The standard InChI is InChI=1S/C14H12N4S/c1-10-2-3-11(7-15)6-13(10)16-8-12-9-18-4-5-19-14(18)17-12/h2-6,9,16H,8H2,1H3. The van der Waals surface area contributed by atoms with Gasteiger partial charge in [0, 0.05) is 23.5 Å². The smallest absolute Gasteiger partial charge is 0.193 e. The largest absolute Gasteiger partial charge is 0.379 e. The molecule has 3 rings (SSSR count). The lowest BCUT2D eigenvalue weighted by Crippen LogP contribution is -2.01. The maximum atomic E-state index is 8.91. The summed E-state index contributed by atoms with van der Waals surface area (Å²) < 4.78 is 2.01. The molecule has 0 spiro atoms. The summed E-state index contributed by atoms with van der Waals surface area (Å²) in [5.41, 5.74) is 3.77. The molecule has 19 heavy (non-hydrogen) atoms. The Morgan fingerprint density at radius 3 is 3.16 bits per heavy atom. The fourth-order valence-corrected chi connectivity index (χ4v) is 2.65. The van der Waals surface area contributed by atoms with Crippen molar-refractivity contribution in [1.29, 1.82) is 5.26 Å². The van der Waals surface area contributed by atoms with Gasteiger partial charge in [-0.3, -0.25) is 4.40 Å². The fraction of sp³-hybridized carbons (Fsp3) is 0.143. The van der Waals surface area contributed by atoms with Gasteiger partial charge >= 0.3 is 0 Å². The Morgan fingerprint density at radius 2 is 2.37 bits per heavy atom. The van der Waals surface area contributed by atoms with Gasteiger partial charge in [-0.25, -0.2) is 4.98 Å². The van der Waals surface area contributed by atoms with Gasteiger partial charge in [-0.05, 0) is 24.6 Å². The van der Waals surface area contributed by atoms with Crippen molar-refractivity contribution in [3.8, 4) is 6.07 Å². The van der Waals surface area contributed by atoms with Crippen LogP contribution in [0.25, 0.3) is 4.96 Å². The van der Waals surface area contributed by atoms with Crippen LogP contribution < -0.4 is 5.32 Å². The minimum Gasteiger partial charge on any atom is -0.379 e. The van der Waals surface area contributed by atoms with Crippen molar-refractivity contribution in [3.63, 3.8) is 0 Å². The first-order chi connectivity index (χ1) is 9.26. The topological polar surface area (TPSA) is 53.1 Å². The van der Waals surface area contributed by atoms with Crippen molar-refractivity contribution in [3.05, 3.63) is 52.8 Å². The molecule has 0 bridgehead atoms. The van der Waals surface area contributed by atoms with Gasteiger partial charge in [0.1, 0.15) is 0 Å². The van der Waals surface area contributed by atoms with Gasteiger partial charge in [-0.2, -0.15) is 5.26 Å². The number of hydrogen-bond acceptors (Lipinski definition) is 4. The van der Waals surface area contributed by atoms with E-state index < -0.39 is 0 Å². The van der Waals surface area contributed by atoms with Crippen molar-refractivity contribution >= 4 is 22.0 Å². The van der Waals surface area contributed by atoms with E-state index in [-0.39, 0.29) is 0 Å². The number of rotatable bonds is 3. The highest BCUT2D eigenvalue weighted by molar-refractivity contribution is 7.15. The third kappa shape index (κ3) is 2.30. The monoisotopic (exact) mass is 268 g/mol. The van der Waals surface area contributed by atoms with Crippen LogP contribution in [0.5, 0.6) is 0 Å². The number of imidazole rings is 1. The van der Waals surface area contributed by atoms with Crippen molar-refractivity contribution in [2.75, 3.05) is 5.32 Å². The van der Waals surface area contributed by atoms with Crippen LogP contribution in [-0.2, 0) is 6.54 Å². The summed E-state index contributed by atoms with van der Waals surface area (Å²) in [5.74, 6) is 0. The molecule has 2 heterocycles. The zero-order chi connectivity index (χ0) is 13.2. The first kappa shape index (κ1) is 11.8. The van der Waals surface area contributed by atoms with E-state index in [1.165, 1.54) is 0 Å². The molecule has 0 saturated carbocycles. The Morgan fingerprint density at radius 1 is 1.47 bits per heavy atom. The van der Waals surface area contributed by atoms with Crippen LogP contribution in [0.15, 0.2) is 36.0 Å². The summed E-state index contributed by atoms with van der Waals surface area (Å²) in [6.07, 6.45) is 4.01. The lowest BCUT2D eigenvalue weighted by atomic mass is 10.1. The minimum absolute atomic E-state index is 0.657. The van der Waals surface area contributed by atoms with Crippen LogP contribution in [0.4, 0.5) is 5.69 Å². The average molecular weight is 268 g/mol. The molecule has 0 aliphatic carbocycles. The average Bonchev–Trinajstić information content (AvgIpc) is 2.98. The Kier molecular flexibility index (Phi) is 2.94. The van der Waals surface area contributed by atoms with E-state index in [0.717, 1.165) is 21.9 Å². The summed E-state index contributed by atoms with van der Waals surface area (Å²) >= 11 is 1.62. The Balaban J connectivity index is 1.79. The van der Waals surface area contributed by atoms with Gasteiger partial charge < -0.3 is 5.32 Å². The predicted molar refractivity (Wildman–Crippen MR) is 76.3 cm³/mol. The second-order valence-corrected chi connectivity index (χ2v) is 5.19. The number of aromatic nitrogens is 2. The van der Waals surface area contributed by atoms with Crippen molar-refractivity contribution < 1.29 is 0 Å². The Bertz CT molecular complexity index is 735. The van der Waals surface area contributed by atoms with E-state index in [4.69, 9.17) is 5.26 Å². The molecule has 5 heteroatoms. The molecule has 0 aliphatic rings. The molecule has 0 fully saturated rings. The molecule has 3 aromatic rings. The molecule has 1 N–H and O–H groups in total. The number of nitrogens with zero attached hydrogens (tertiary/aromatic N) is 3. The molecule has 0 saturated heterocycles. The third-order valence-electron chi connectivity index (χ3n) is 2.97. The third-order valence-corrected chi connectivity index (χ3v) is 3.74. The fourth-order valence-electron chi connectivity index (χ4n) is 1.93. The van der Waals surface area contributed by atoms with E-state index >= 15 is 0 Å². The number of nitriles is 1. The number of hydrogen-bond donors (Lipinski definition) is 1. The number of anilines is 1. The summed E-state index contributed by atoms with van der Waals surface area (Å²) in [6.45, 7) is 2.68. The van der Waals surface area contributed by atoms with Crippen LogP contribution in [-0.4, -0.2) is 9.38 Å². The van der Waals surface area contributed by atoms with Gasteiger partial charge in [0.15, 0.2) is 4.96 Å². The minimum atomic E-state index is 0.657. The highest BCUT2D eigenvalue weighted by atomic mass is 32.1. The number of nitrogens with one attached hydrogen (secondary N) is 1. The highest BCUT2D eigenvalue weighted by Gasteiger charge is 2.04. The van der Waals surface area contributed by atoms with Gasteiger partial charge in [-0.1, -0.05) is 6.07 Å². The van der Waals surface area contributed by atoms with Gasteiger partial charge in [0.25, 0.3) is 0 Å².